The van der Waals surface area contributed by atoms with E-state index in [1.807, 2.05) is 0 Å². The second-order valence-corrected chi connectivity index (χ2v) is 7.45. The molecule has 3 nitrogen and oxygen atoms in total. The summed E-state index contributed by atoms with van der Waals surface area (Å²) in [5.41, 5.74) is 1.30. The fourth-order valence-electron chi connectivity index (χ4n) is 2.28. The zero-order chi connectivity index (χ0) is 16.3. The smallest absolute Gasteiger partial charge is 0.175 e. The predicted molar refractivity (Wildman–Crippen MR) is 83.5 cm³/mol. The molecule has 0 bridgehead atoms. The van der Waals surface area contributed by atoms with Crippen molar-refractivity contribution >= 4 is 27.7 Å². The van der Waals surface area contributed by atoms with Gasteiger partial charge in [-0.3, -0.25) is 0 Å². The fourth-order valence-corrected chi connectivity index (χ4v) is 3.15. The van der Waals surface area contributed by atoms with Crippen molar-refractivity contribution < 1.29 is 17.6 Å². The van der Waals surface area contributed by atoms with Crippen LogP contribution in [0.4, 0.5) is 4.39 Å². The van der Waals surface area contributed by atoms with Gasteiger partial charge < -0.3 is 4.79 Å². The van der Waals surface area contributed by atoms with Gasteiger partial charge in [0.1, 0.15) is 12.1 Å². The van der Waals surface area contributed by atoms with Crippen LogP contribution >= 0.6 is 11.6 Å². The normalized spacial score (nSPS) is 12.9. The topological polar surface area (TPSA) is 51.2 Å². The molecule has 0 aliphatic carbocycles. The molecule has 2 aromatic rings. The SMILES string of the molecule is CS(=O)(=O)c1ccc([C@@H](CC=O)c2cc(F)cc(Cl)c2)cc1. The molecule has 0 aliphatic rings. The number of rotatable bonds is 5. The lowest BCUT2D eigenvalue weighted by Gasteiger charge is -2.16. The van der Waals surface area contributed by atoms with Crippen molar-refractivity contribution in [3.05, 3.63) is 64.4 Å². The summed E-state index contributed by atoms with van der Waals surface area (Å²) >= 11 is 5.86. The Morgan fingerprint density at radius 2 is 1.77 bits per heavy atom. The third-order valence-electron chi connectivity index (χ3n) is 3.33. The number of carbonyl (C=O) groups excluding carboxylic acids is 1. The Labute approximate surface area is 133 Å². The number of aldehydes is 1. The van der Waals surface area contributed by atoms with Crippen molar-refractivity contribution in [3.63, 3.8) is 0 Å². The van der Waals surface area contributed by atoms with Crippen molar-refractivity contribution in [2.24, 2.45) is 0 Å². The van der Waals surface area contributed by atoms with Crippen LogP contribution in [0.3, 0.4) is 0 Å². The van der Waals surface area contributed by atoms with Gasteiger partial charge in [-0.1, -0.05) is 23.7 Å². The Hall–Kier alpha value is -1.72. The molecule has 22 heavy (non-hydrogen) atoms. The Balaban J connectivity index is 2.45. The zero-order valence-corrected chi connectivity index (χ0v) is 13.4. The molecular formula is C16H14ClFO3S. The summed E-state index contributed by atoms with van der Waals surface area (Å²) in [5, 5.41) is 0.249. The number of carbonyl (C=O) groups is 1. The molecular weight excluding hydrogens is 327 g/mol. The first-order chi connectivity index (χ1) is 10.3. The van der Waals surface area contributed by atoms with E-state index in [1.165, 1.54) is 24.3 Å². The highest BCUT2D eigenvalue weighted by Gasteiger charge is 2.16. The van der Waals surface area contributed by atoms with Crippen molar-refractivity contribution in [3.8, 4) is 0 Å². The standard InChI is InChI=1S/C16H14ClFO3S/c1-22(20,21)15-4-2-11(3-5-15)16(6-7-19)12-8-13(17)10-14(18)9-12/h2-5,7-10,16H,6H2,1H3/t16-/m1/s1. The van der Waals surface area contributed by atoms with Crippen LogP contribution in [0.15, 0.2) is 47.4 Å². The van der Waals surface area contributed by atoms with Crippen molar-refractivity contribution in [2.75, 3.05) is 6.26 Å². The number of sulfone groups is 1. The fraction of sp³-hybridized carbons (Fsp3) is 0.188. The minimum atomic E-state index is -3.29. The van der Waals surface area contributed by atoms with Crippen LogP contribution in [0.2, 0.25) is 5.02 Å². The van der Waals surface area contributed by atoms with Gasteiger partial charge in [0, 0.05) is 23.6 Å². The molecule has 2 aromatic carbocycles. The number of benzene rings is 2. The Morgan fingerprint density at radius 3 is 2.27 bits per heavy atom. The van der Waals surface area contributed by atoms with E-state index < -0.39 is 15.7 Å². The molecule has 2 rings (SSSR count). The predicted octanol–water partition coefficient (Wildman–Crippen LogP) is 3.60. The molecule has 0 saturated heterocycles. The minimum Gasteiger partial charge on any atom is -0.303 e. The quantitative estimate of drug-likeness (QED) is 0.781. The van der Waals surface area contributed by atoms with Gasteiger partial charge in [-0.2, -0.15) is 0 Å². The first-order valence-corrected chi connectivity index (χ1v) is 8.78. The van der Waals surface area contributed by atoms with Gasteiger partial charge in [0.25, 0.3) is 0 Å². The lowest BCUT2D eigenvalue weighted by atomic mass is 9.89. The van der Waals surface area contributed by atoms with Crippen LogP contribution in [0.25, 0.3) is 0 Å². The summed E-state index contributed by atoms with van der Waals surface area (Å²) in [6, 6.07) is 10.3. The van der Waals surface area contributed by atoms with E-state index in [4.69, 9.17) is 11.6 Å². The van der Waals surface area contributed by atoms with Gasteiger partial charge in [0.05, 0.1) is 4.90 Å². The van der Waals surface area contributed by atoms with Crippen LogP contribution in [0.5, 0.6) is 0 Å². The first kappa shape index (κ1) is 16.6. The van der Waals surface area contributed by atoms with Crippen LogP contribution in [-0.2, 0) is 14.6 Å². The molecule has 0 fully saturated rings. The Kier molecular flexibility index (Phi) is 4.98. The third kappa shape index (κ3) is 3.93. The second-order valence-electron chi connectivity index (χ2n) is 5.00. The minimum absolute atomic E-state index is 0.151. The maximum atomic E-state index is 13.5. The summed E-state index contributed by atoms with van der Waals surface area (Å²) in [6.07, 6.45) is 2.02. The van der Waals surface area contributed by atoms with Gasteiger partial charge >= 0.3 is 0 Å². The molecule has 0 aromatic heterocycles. The van der Waals surface area contributed by atoms with Gasteiger partial charge in [0.2, 0.25) is 0 Å². The molecule has 0 N–H and O–H groups in total. The van der Waals surface area contributed by atoms with Gasteiger partial charge in [-0.05, 0) is 41.5 Å². The number of hydrogen-bond donors (Lipinski definition) is 0. The van der Waals surface area contributed by atoms with E-state index >= 15 is 0 Å². The van der Waals surface area contributed by atoms with E-state index in [-0.39, 0.29) is 22.3 Å². The van der Waals surface area contributed by atoms with E-state index in [9.17, 15) is 17.6 Å². The molecule has 6 heteroatoms. The number of hydrogen-bond acceptors (Lipinski definition) is 3. The van der Waals surface area contributed by atoms with Crippen LogP contribution in [-0.4, -0.2) is 21.0 Å². The third-order valence-corrected chi connectivity index (χ3v) is 4.68. The van der Waals surface area contributed by atoms with Crippen molar-refractivity contribution in [1.82, 2.24) is 0 Å². The Bertz CT molecular complexity index is 765. The van der Waals surface area contributed by atoms with Gasteiger partial charge in [-0.25, -0.2) is 12.8 Å². The summed E-state index contributed by atoms with van der Waals surface area (Å²) < 4.78 is 36.5. The second kappa shape index (κ2) is 6.58. The summed E-state index contributed by atoms with van der Waals surface area (Å²) in [5.74, 6) is -0.856. The number of halogens is 2. The molecule has 1 atom stereocenters. The molecule has 0 spiro atoms. The lowest BCUT2D eigenvalue weighted by molar-refractivity contribution is -0.108. The van der Waals surface area contributed by atoms with Crippen molar-refractivity contribution in [1.29, 1.82) is 0 Å². The highest BCUT2D eigenvalue weighted by molar-refractivity contribution is 7.90. The van der Waals surface area contributed by atoms with E-state index in [1.54, 1.807) is 18.2 Å². The van der Waals surface area contributed by atoms with Crippen LogP contribution < -0.4 is 0 Å². The van der Waals surface area contributed by atoms with E-state index in [2.05, 4.69) is 0 Å². The van der Waals surface area contributed by atoms with Gasteiger partial charge in [0.15, 0.2) is 9.84 Å². The largest absolute Gasteiger partial charge is 0.303 e. The average Bonchev–Trinajstić information content (AvgIpc) is 2.43. The summed E-state index contributed by atoms with van der Waals surface area (Å²) in [4.78, 5) is 11.1. The summed E-state index contributed by atoms with van der Waals surface area (Å²) in [7, 11) is -3.29. The van der Waals surface area contributed by atoms with Crippen LogP contribution in [0, 0.1) is 5.82 Å². The maximum Gasteiger partial charge on any atom is 0.175 e. The van der Waals surface area contributed by atoms with Crippen LogP contribution in [0.1, 0.15) is 23.5 Å². The molecule has 0 radical (unpaired) electrons. The molecule has 0 aliphatic heterocycles. The average molecular weight is 341 g/mol. The molecule has 0 unspecified atom stereocenters. The van der Waals surface area contributed by atoms with E-state index in [0.29, 0.717) is 5.56 Å². The maximum absolute atomic E-state index is 13.5. The molecule has 0 amide bonds. The Morgan fingerprint density at radius 1 is 1.14 bits per heavy atom. The lowest BCUT2D eigenvalue weighted by Crippen LogP contribution is -2.04. The highest BCUT2D eigenvalue weighted by atomic mass is 35.5. The monoisotopic (exact) mass is 340 g/mol. The zero-order valence-electron chi connectivity index (χ0n) is 11.8. The van der Waals surface area contributed by atoms with E-state index in [0.717, 1.165) is 18.1 Å². The molecule has 0 heterocycles. The first-order valence-electron chi connectivity index (χ1n) is 6.51. The molecule has 0 saturated carbocycles. The highest BCUT2D eigenvalue weighted by Crippen LogP contribution is 2.30. The van der Waals surface area contributed by atoms with Crippen molar-refractivity contribution in [2.45, 2.75) is 17.2 Å². The molecule has 116 valence electrons. The van der Waals surface area contributed by atoms with Gasteiger partial charge in [-0.15, -0.1) is 0 Å². The summed E-state index contributed by atoms with van der Waals surface area (Å²) in [6.45, 7) is 0.